The molecule has 0 saturated carbocycles. The van der Waals surface area contributed by atoms with Crippen LogP contribution in [0, 0.1) is 13.8 Å². The number of hydrogen-bond acceptors (Lipinski definition) is 2. The van der Waals surface area contributed by atoms with Gasteiger partial charge in [0.05, 0.1) is 4.47 Å². The molecule has 0 aliphatic carbocycles. The Labute approximate surface area is 147 Å². The van der Waals surface area contributed by atoms with Crippen molar-refractivity contribution in [3.05, 3.63) is 56.5 Å². The summed E-state index contributed by atoms with van der Waals surface area (Å²) in [6.45, 7) is 5.68. The molecule has 2 aromatic carbocycles. The zero-order valence-electron chi connectivity index (χ0n) is 12.6. The molecule has 0 aliphatic rings. The molecular formula is C17H17Br2NO2. The van der Waals surface area contributed by atoms with Crippen molar-refractivity contribution >= 4 is 43.5 Å². The second kappa shape index (κ2) is 7.29. The molecule has 0 saturated heterocycles. The fourth-order valence-electron chi connectivity index (χ4n) is 2.05. The molecule has 0 aromatic heterocycles. The molecule has 1 atom stereocenters. The van der Waals surface area contributed by atoms with Crippen LogP contribution in [0.5, 0.6) is 5.75 Å². The molecule has 2 rings (SSSR count). The number of halogens is 2. The average Bonchev–Trinajstić information content (AvgIpc) is 2.45. The van der Waals surface area contributed by atoms with E-state index < -0.39 is 6.10 Å². The Kier molecular flexibility index (Phi) is 5.64. The van der Waals surface area contributed by atoms with Crippen LogP contribution in [0.25, 0.3) is 0 Å². The maximum atomic E-state index is 12.3. The molecule has 0 fully saturated rings. The number of carbonyl (C=O) groups is 1. The van der Waals surface area contributed by atoms with Crippen LogP contribution in [0.4, 0.5) is 5.69 Å². The summed E-state index contributed by atoms with van der Waals surface area (Å²) in [5, 5.41) is 2.94. The highest BCUT2D eigenvalue weighted by atomic mass is 79.9. The summed E-state index contributed by atoms with van der Waals surface area (Å²) >= 11 is 6.81. The zero-order valence-corrected chi connectivity index (χ0v) is 15.8. The SMILES string of the molecule is Cc1cccc(C)c1NC(=O)[C@H](C)Oc1ccc(Br)cc1Br. The van der Waals surface area contributed by atoms with Crippen LogP contribution in [0.1, 0.15) is 18.1 Å². The second-order valence-corrected chi connectivity index (χ2v) is 6.86. The molecule has 2 aromatic rings. The third-order valence-corrected chi connectivity index (χ3v) is 4.41. The smallest absolute Gasteiger partial charge is 0.265 e. The number of hydrogen-bond donors (Lipinski definition) is 1. The summed E-state index contributed by atoms with van der Waals surface area (Å²) in [7, 11) is 0. The predicted molar refractivity (Wildman–Crippen MR) is 96.5 cm³/mol. The maximum Gasteiger partial charge on any atom is 0.265 e. The number of anilines is 1. The third-order valence-electron chi connectivity index (χ3n) is 3.30. The van der Waals surface area contributed by atoms with Gasteiger partial charge in [0.15, 0.2) is 6.10 Å². The number of nitrogens with one attached hydrogen (secondary N) is 1. The molecule has 0 heterocycles. The van der Waals surface area contributed by atoms with Crippen LogP contribution in [0.15, 0.2) is 45.3 Å². The summed E-state index contributed by atoms with van der Waals surface area (Å²) in [6, 6.07) is 11.5. The van der Waals surface area contributed by atoms with Crippen molar-refractivity contribution < 1.29 is 9.53 Å². The van der Waals surface area contributed by atoms with Crippen LogP contribution in [0.3, 0.4) is 0 Å². The molecule has 116 valence electrons. The van der Waals surface area contributed by atoms with Crippen LogP contribution in [0.2, 0.25) is 0 Å². The summed E-state index contributed by atoms with van der Waals surface area (Å²) in [4.78, 5) is 12.3. The van der Waals surface area contributed by atoms with Gasteiger partial charge in [-0.3, -0.25) is 4.79 Å². The molecule has 5 heteroatoms. The zero-order chi connectivity index (χ0) is 16.3. The van der Waals surface area contributed by atoms with Crippen molar-refractivity contribution in [1.82, 2.24) is 0 Å². The first kappa shape index (κ1) is 17.0. The number of para-hydroxylation sites is 1. The number of benzene rings is 2. The van der Waals surface area contributed by atoms with Crippen LogP contribution < -0.4 is 10.1 Å². The molecule has 22 heavy (non-hydrogen) atoms. The monoisotopic (exact) mass is 425 g/mol. The van der Waals surface area contributed by atoms with Crippen LogP contribution >= 0.6 is 31.9 Å². The van der Waals surface area contributed by atoms with E-state index in [1.165, 1.54) is 0 Å². The highest BCUT2D eigenvalue weighted by Crippen LogP contribution is 2.29. The summed E-state index contributed by atoms with van der Waals surface area (Å²) in [6.07, 6.45) is -0.600. The summed E-state index contributed by atoms with van der Waals surface area (Å²) in [5.74, 6) is 0.458. The molecule has 0 spiro atoms. The van der Waals surface area contributed by atoms with Crippen molar-refractivity contribution in [2.24, 2.45) is 0 Å². The molecular weight excluding hydrogens is 410 g/mol. The molecule has 0 radical (unpaired) electrons. The second-order valence-electron chi connectivity index (χ2n) is 5.09. The highest BCUT2D eigenvalue weighted by molar-refractivity contribution is 9.11. The van der Waals surface area contributed by atoms with Crippen LogP contribution in [-0.2, 0) is 4.79 Å². The number of rotatable bonds is 4. The lowest BCUT2D eigenvalue weighted by Gasteiger charge is -2.17. The molecule has 0 aliphatic heterocycles. The Morgan fingerprint density at radius 3 is 2.36 bits per heavy atom. The minimum Gasteiger partial charge on any atom is -0.480 e. The summed E-state index contributed by atoms with van der Waals surface area (Å²) in [5.41, 5.74) is 2.91. The van der Waals surface area contributed by atoms with E-state index in [0.29, 0.717) is 5.75 Å². The van der Waals surface area contributed by atoms with Crippen molar-refractivity contribution in [1.29, 1.82) is 0 Å². The molecule has 1 N–H and O–H groups in total. The first-order chi connectivity index (χ1) is 10.4. The Morgan fingerprint density at radius 2 is 1.77 bits per heavy atom. The van der Waals surface area contributed by atoms with Gasteiger partial charge in [0.25, 0.3) is 5.91 Å². The largest absolute Gasteiger partial charge is 0.480 e. The molecule has 1 amide bonds. The molecule has 0 bridgehead atoms. The van der Waals surface area contributed by atoms with Crippen LogP contribution in [-0.4, -0.2) is 12.0 Å². The van der Waals surface area contributed by atoms with E-state index in [9.17, 15) is 4.79 Å². The fourth-order valence-corrected chi connectivity index (χ4v) is 3.19. The normalized spacial score (nSPS) is 11.9. The van der Waals surface area contributed by atoms with E-state index in [2.05, 4.69) is 37.2 Å². The lowest BCUT2D eigenvalue weighted by atomic mass is 10.1. The lowest BCUT2D eigenvalue weighted by molar-refractivity contribution is -0.122. The van der Waals surface area contributed by atoms with E-state index in [1.807, 2.05) is 50.2 Å². The van der Waals surface area contributed by atoms with Gasteiger partial charge in [-0.2, -0.15) is 0 Å². The predicted octanol–water partition coefficient (Wildman–Crippen LogP) is 5.23. The quantitative estimate of drug-likeness (QED) is 0.726. The first-order valence-corrected chi connectivity index (χ1v) is 8.46. The van der Waals surface area contributed by atoms with E-state index in [0.717, 1.165) is 25.8 Å². The topological polar surface area (TPSA) is 38.3 Å². The van der Waals surface area contributed by atoms with Gasteiger partial charge in [-0.1, -0.05) is 34.1 Å². The van der Waals surface area contributed by atoms with Gasteiger partial charge in [0.1, 0.15) is 5.75 Å². The van der Waals surface area contributed by atoms with Gasteiger partial charge in [-0.25, -0.2) is 0 Å². The van der Waals surface area contributed by atoms with Crippen molar-refractivity contribution in [2.45, 2.75) is 26.9 Å². The molecule has 0 unspecified atom stereocenters. The first-order valence-electron chi connectivity index (χ1n) is 6.87. The highest BCUT2D eigenvalue weighted by Gasteiger charge is 2.17. The van der Waals surface area contributed by atoms with Crippen molar-refractivity contribution in [2.75, 3.05) is 5.32 Å². The number of amides is 1. The Balaban J connectivity index is 2.09. The van der Waals surface area contributed by atoms with E-state index in [-0.39, 0.29) is 5.91 Å². The molecule has 3 nitrogen and oxygen atoms in total. The minimum atomic E-state index is -0.600. The Bertz CT molecular complexity index is 681. The van der Waals surface area contributed by atoms with E-state index in [1.54, 1.807) is 6.92 Å². The Morgan fingerprint density at radius 1 is 1.14 bits per heavy atom. The fraction of sp³-hybridized carbons (Fsp3) is 0.235. The van der Waals surface area contributed by atoms with Gasteiger partial charge in [-0.15, -0.1) is 0 Å². The number of carbonyl (C=O) groups excluding carboxylic acids is 1. The van der Waals surface area contributed by atoms with Gasteiger partial charge in [0.2, 0.25) is 0 Å². The van der Waals surface area contributed by atoms with Crippen molar-refractivity contribution in [3.63, 3.8) is 0 Å². The van der Waals surface area contributed by atoms with Gasteiger partial charge < -0.3 is 10.1 Å². The summed E-state index contributed by atoms with van der Waals surface area (Å²) < 4.78 is 7.48. The van der Waals surface area contributed by atoms with Gasteiger partial charge >= 0.3 is 0 Å². The lowest BCUT2D eigenvalue weighted by Crippen LogP contribution is -2.30. The third kappa shape index (κ3) is 4.11. The van der Waals surface area contributed by atoms with Gasteiger partial charge in [0, 0.05) is 10.2 Å². The standard InChI is InChI=1S/C17H17Br2NO2/c1-10-5-4-6-11(2)16(10)20-17(21)12(3)22-15-8-7-13(18)9-14(15)19/h4-9,12H,1-3H3,(H,20,21)/t12-/m0/s1. The van der Waals surface area contributed by atoms with E-state index in [4.69, 9.17) is 4.74 Å². The minimum absolute atomic E-state index is 0.174. The number of aryl methyl sites for hydroxylation is 2. The average molecular weight is 427 g/mol. The Hall–Kier alpha value is -1.33. The maximum absolute atomic E-state index is 12.3. The van der Waals surface area contributed by atoms with Gasteiger partial charge in [-0.05, 0) is 66.0 Å². The van der Waals surface area contributed by atoms with E-state index >= 15 is 0 Å². The number of ether oxygens (including phenoxy) is 1. The van der Waals surface area contributed by atoms with Crippen molar-refractivity contribution in [3.8, 4) is 5.75 Å².